The molecule has 11 heavy (non-hydrogen) atoms. The van der Waals surface area contributed by atoms with Crippen LogP contribution in [0.1, 0.15) is 6.92 Å². The van der Waals surface area contributed by atoms with Crippen molar-refractivity contribution < 1.29 is 9.90 Å². The minimum atomic E-state index is -0.733. The van der Waals surface area contributed by atoms with Gasteiger partial charge in [-0.05, 0) is 7.05 Å². The van der Waals surface area contributed by atoms with Gasteiger partial charge >= 0.3 is 5.97 Å². The van der Waals surface area contributed by atoms with Gasteiger partial charge in [-0.1, -0.05) is 24.8 Å². The normalized spacial score (nSPS) is 14.0. The van der Waals surface area contributed by atoms with Gasteiger partial charge in [-0.15, -0.1) is 0 Å². The molecule has 0 spiro atoms. The summed E-state index contributed by atoms with van der Waals surface area (Å²) in [5.41, 5.74) is 0. The first-order valence-electron chi connectivity index (χ1n) is 3.18. The number of hydrogen-bond donors (Lipinski definition) is 1. The molecular formula is C5H14NO2P3. The third-order valence-electron chi connectivity index (χ3n) is 1.35. The van der Waals surface area contributed by atoms with Gasteiger partial charge in [0, 0.05) is 14.0 Å². The van der Waals surface area contributed by atoms with Gasteiger partial charge in [0.1, 0.15) is 0 Å². The first-order valence-corrected chi connectivity index (χ1v) is 7.71. The lowest BCUT2D eigenvalue weighted by atomic mass is 10.2. The van der Waals surface area contributed by atoms with Gasteiger partial charge in [0.25, 0.3) is 0 Å². The fourth-order valence-electron chi connectivity index (χ4n) is 0.569. The Hall–Kier alpha value is 0.720. The molecular weight excluding hydrogens is 199 g/mol. The number of rotatable bonds is 4. The Bertz CT molecular complexity index is 142. The minimum absolute atomic E-state index is 0.286. The molecule has 0 aliphatic heterocycles. The van der Waals surface area contributed by atoms with Crippen LogP contribution in [0, 0.1) is 5.92 Å². The molecule has 0 aromatic rings. The van der Waals surface area contributed by atoms with Gasteiger partial charge < -0.3 is 5.11 Å². The summed E-state index contributed by atoms with van der Waals surface area (Å²) in [4.78, 5) is 10.4. The van der Waals surface area contributed by atoms with Crippen LogP contribution in [0.2, 0.25) is 0 Å². The van der Waals surface area contributed by atoms with Crippen molar-refractivity contribution in [1.29, 1.82) is 0 Å². The lowest BCUT2D eigenvalue weighted by Gasteiger charge is -2.22. The van der Waals surface area contributed by atoms with Crippen molar-refractivity contribution in [2.24, 2.45) is 5.92 Å². The second-order valence-corrected chi connectivity index (χ2v) is 8.87. The SMILES string of the molecule is CC(CN(C)P(P)P)C(=O)O. The van der Waals surface area contributed by atoms with Gasteiger partial charge in [0.15, 0.2) is 0 Å². The zero-order valence-corrected chi connectivity index (χ0v) is 9.89. The molecule has 0 aromatic carbocycles. The molecule has 0 rings (SSSR count). The third-order valence-corrected chi connectivity index (χ3v) is 4.67. The van der Waals surface area contributed by atoms with Crippen LogP contribution in [-0.2, 0) is 4.79 Å². The van der Waals surface area contributed by atoms with Gasteiger partial charge in [-0.25, -0.2) is 0 Å². The standard InChI is InChI=1S/C5H14NO2P3/c1-4(5(7)8)3-6(2)11(9)10/h4H,3,9-10H2,1-2H3,(H,7,8). The van der Waals surface area contributed by atoms with Crippen LogP contribution in [0.5, 0.6) is 0 Å². The van der Waals surface area contributed by atoms with Gasteiger partial charge in [0.05, 0.1) is 5.92 Å². The quantitative estimate of drug-likeness (QED) is 0.721. The monoisotopic (exact) mass is 213 g/mol. The van der Waals surface area contributed by atoms with E-state index in [0.717, 1.165) is 0 Å². The molecule has 0 amide bonds. The molecule has 66 valence electrons. The van der Waals surface area contributed by atoms with Crippen molar-refractivity contribution in [3.63, 3.8) is 0 Å². The molecule has 0 saturated heterocycles. The van der Waals surface area contributed by atoms with E-state index in [-0.39, 0.29) is 13.4 Å². The highest BCUT2D eigenvalue weighted by atomic mass is 32.4. The smallest absolute Gasteiger partial charge is 0.307 e. The highest BCUT2D eigenvalue weighted by Crippen LogP contribution is 2.55. The van der Waals surface area contributed by atoms with Crippen molar-refractivity contribution >= 4 is 31.3 Å². The average Bonchev–Trinajstić information content (AvgIpc) is 1.87. The number of carbonyl (C=O) groups is 1. The first-order chi connectivity index (χ1) is 4.95. The highest BCUT2D eigenvalue weighted by molar-refractivity contribution is 8.42. The second-order valence-electron chi connectivity index (χ2n) is 2.46. The summed E-state index contributed by atoms with van der Waals surface area (Å²) >= 11 is 0. The van der Waals surface area contributed by atoms with Gasteiger partial charge in [-0.2, -0.15) is 0 Å². The lowest BCUT2D eigenvalue weighted by molar-refractivity contribution is -0.141. The van der Waals surface area contributed by atoms with E-state index >= 15 is 0 Å². The molecule has 0 fully saturated rings. The van der Waals surface area contributed by atoms with E-state index in [2.05, 4.69) is 17.9 Å². The Morgan fingerprint density at radius 3 is 2.45 bits per heavy atom. The molecule has 3 nitrogen and oxygen atoms in total. The molecule has 0 heterocycles. The molecule has 6 heteroatoms. The van der Waals surface area contributed by atoms with Crippen molar-refractivity contribution in [2.45, 2.75) is 6.92 Å². The Balaban J connectivity index is 3.75. The molecule has 3 atom stereocenters. The van der Waals surface area contributed by atoms with E-state index in [9.17, 15) is 4.79 Å². The van der Waals surface area contributed by atoms with Gasteiger partial charge in [-0.3, -0.25) is 9.46 Å². The van der Waals surface area contributed by atoms with Crippen LogP contribution < -0.4 is 0 Å². The van der Waals surface area contributed by atoms with Crippen molar-refractivity contribution in [3.05, 3.63) is 0 Å². The summed E-state index contributed by atoms with van der Waals surface area (Å²) in [6.07, 6.45) is 0. The second kappa shape index (κ2) is 5.38. The maximum atomic E-state index is 10.4. The summed E-state index contributed by atoms with van der Waals surface area (Å²) in [6.45, 7) is 2.32. The van der Waals surface area contributed by atoms with E-state index in [0.29, 0.717) is 6.54 Å². The minimum Gasteiger partial charge on any atom is -0.481 e. The zero-order valence-electron chi connectivity index (χ0n) is 6.69. The Morgan fingerprint density at radius 1 is 1.73 bits per heavy atom. The van der Waals surface area contributed by atoms with Crippen molar-refractivity contribution in [3.8, 4) is 0 Å². The molecule has 0 aliphatic rings. The fraction of sp³-hybridized carbons (Fsp3) is 0.800. The number of aliphatic carboxylic acids is 1. The molecule has 0 radical (unpaired) electrons. The summed E-state index contributed by atoms with van der Waals surface area (Å²) in [5, 5.41) is 8.58. The molecule has 1 N–H and O–H groups in total. The summed E-state index contributed by atoms with van der Waals surface area (Å²) in [7, 11) is 6.92. The average molecular weight is 213 g/mol. The van der Waals surface area contributed by atoms with E-state index < -0.39 is 5.97 Å². The number of nitrogens with zero attached hydrogens (tertiary/aromatic N) is 1. The highest BCUT2D eigenvalue weighted by Gasteiger charge is 2.14. The van der Waals surface area contributed by atoms with Crippen molar-refractivity contribution in [1.82, 2.24) is 4.67 Å². The maximum absolute atomic E-state index is 10.4. The van der Waals surface area contributed by atoms with E-state index in [4.69, 9.17) is 5.11 Å². The largest absolute Gasteiger partial charge is 0.481 e. The van der Waals surface area contributed by atoms with Crippen LogP contribution in [0.4, 0.5) is 0 Å². The molecule has 0 aromatic heterocycles. The van der Waals surface area contributed by atoms with E-state index in [1.807, 2.05) is 11.7 Å². The maximum Gasteiger partial charge on any atom is 0.307 e. The third kappa shape index (κ3) is 5.04. The molecule has 3 unspecified atom stereocenters. The topological polar surface area (TPSA) is 40.5 Å². The summed E-state index contributed by atoms with van der Waals surface area (Å²) in [5.74, 6) is -1.02. The number of carboxylic acids is 1. The van der Waals surface area contributed by atoms with Crippen molar-refractivity contribution in [2.75, 3.05) is 13.6 Å². The summed E-state index contributed by atoms with van der Waals surface area (Å²) < 4.78 is 2.02. The lowest BCUT2D eigenvalue weighted by Crippen LogP contribution is -2.23. The number of carboxylic acid groups (broad SMARTS) is 1. The van der Waals surface area contributed by atoms with Crippen LogP contribution >= 0.6 is 25.3 Å². The Labute approximate surface area is 72.9 Å². The zero-order chi connectivity index (χ0) is 9.02. The van der Waals surface area contributed by atoms with Crippen LogP contribution in [0.15, 0.2) is 0 Å². The summed E-state index contributed by atoms with van der Waals surface area (Å²) in [6, 6.07) is 0. The predicted octanol–water partition coefficient (Wildman–Crippen LogP) is 1.62. The molecule has 0 aliphatic carbocycles. The molecule has 0 bridgehead atoms. The fourth-order valence-corrected chi connectivity index (χ4v) is 1.57. The first kappa shape index (κ1) is 11.7. The molecule has 0 saturated carbocycles. The van der Waals surface area contributed by atoms with Crippen LogP contribution in [0.25, 0.3) is 0 Å². The Morgan fingerprint density at radius 2 is 2.18 bits per heavy atom. The van der Waals surface area contributed by atoms with Gasteiger partial charge in [0.2, 0.25) is 0 Å². The Kier molecular flexibility index (Phi) is 5.73. The van der Waals surface area contributed by atoms with Crippen LogP contribution in [0.3, 0.4) is 0 Å². The van der Waals surface area contributed by atoms with Crippen LogP contribution in [-0.4, -0.2) is 29.3 Å². The van der Waals surface area contributed by atoms with E-state index in [1.54, 1.807) is 6.92 Å². The predicted molar refractivity (Wildman–Crippen MR) is 55.8 cm³/mol. The number of hydrogen-bond acceptors (Lipinski definition) is 2. The van der Waals surface area contributed by atoms with E-state index in [1.165, 1.54) is 0 Å².